The fourth-order valence-electron chi connectivity index (χ4n) is 5.94. The molecule has 114 valence electrons. The van der Waals surface area contributed by atoms with Crippen molar-refractivity contribution in [1.29, 1.82) is 0 Å². The van der Waals surface area contributed by atoms with E-state index in [1.165, 1.54) is 24.0 Å². The first-order valence-electron chi connectivity index (χ1n) is 8.50. The van der Waals surface area contributed by atoms with Crippen LogP contribution in [0.1, 0.15) is 56.6 Å². The fraction of sp³-hybridized carbons (Fsp3) is 0.684. The maximum atomic E-state index is 10.5. The van der Waals surface area contributed by atoms with Gasteiger partial charge in [0.25, 0.3) is 0 Å². The van der Waals surface area contributed by atoms with Gasteiger partial charge in [0, 0.05) is 0 Å². The van der Waals surface area contributed by atoms with E-state index in [4.69, 9.17) is 0 Å². The number of hydrogen-bond donors (Lipinski definition) is 2. The Morgan fingerprint density at radius 1 is 1.19 bits per heavy atom. The molecule has 2 fully saturated rings. The second-order valence-corrected chi connectivity index (χ2v) is 7.99. The largest absolute Gasteiger partial charge is 0.508 e. The van der Waals surface area contributed by atoms with Gasteiger partial charge in [-0.3, -0.25) is 0 Å². The first kappa shape index (κ1) is 13.6. The Labute approximate surface area is 127 Å². The summed E-state index contributed by atoms with van der Waals surface area (Å²) in [6.45, 7) is 4.70. The Bertz CT molecular complexity index is 567. The lowest BCUT2D eigenvalue weighted by atomic mass is 9.53. The molecule has 1 aromatic rings. The van der Waals surface area contributed by atoms with Gasteiger partial charge in [0.1, 0.15) is 5.75 Å². The molecule has 21 heavy (non-hydrogen) atoms. The van der Waals surface area contributed by atoms with Crippen LogP contribution in [0.5, 0.6) is 5.75 Å². The van der Waals surface area contributed by atoms with Crippen LogP contribution < -0.4 is 0 Å². The summed E-state index contributed by atoms with van der Waals surface area (Å²) in [5.74, 6) is 3.06. The summed E-state index contributed by atoms with van der Waals surface area (Å²) < 4.78 is 0. The number of fused-ring (bicyclic) bond motifs is 5. The predicted molar refractivity (Wildman–Crippen MR) is 83.3 cm³/mol. The van der Waals surface area contributed by atoms with Gasteiger partial charge < -0.3 is 10.2 Å². The predicted octanol–water partition coefficient (Wildman–Crippen LogP) is 3.86. The number of hydrogen-bond acceptors (Lipinski definition) is 2. The zero-order chi connectivity index (χ0) is 14.8. The topological polar surface area (TPSA) is 40.5 Å². The average Bonchev–Trinajstić information content (AvgIpc) is 2.74. The summed E-state index contributed by atoms with van der Waals surface area (Å²) in [4.78, 5) is 0. The second kappa shape index (κ2) is 4.49. The third-order valence-corrected chi connectivity index (χ3v) is 7.01. The van der Waals surface area contributed by atoms with Crippen molar-refractivity contribution in [1.82, 2.24) is 0 Å². The van der Waals surface area contributed by atoms with Crippen molar-refractivity contribution in [3.05, 3.63) is 29.3 Å². The molecule has 4 unspecified atom stereocenters. The lowest BCUT2D eigenvalue weighted by Crippen LogP contribution is -2.46. The monoisotopic (exact) mass is 286 g/mol. The van der Waals surface area contributed by atoms with Crippen molar-refractivity contribution in [2.45, 2.75) is 58.0 Å². The zero-order valence-corrected chi connectivity index (χ0v) is 13.0. The van der Waals surface area contributed by atoms with Gasteiger partial charge in [-0.2, -0.15) is 0 Å². The van der Waals surface area contributed by atoms with Gasteiger partial charge in [-0.15, -0.1) is 0 Å². The summed E-state index contributed by atoms with van der Waals surface area (Å²) in [6, 6.07) is 5.98. The second-order valence-electron chi connectivity index (χ2n) is 7.99. The van der Waals surface area contributed by atoms with Gasteiger partial charge in [0.05, 0.1) is 6.10 Å². The molecule has 2 nitrogen and oxygen atoms in total. The standard InChI is InChI=1S/C19H26O2/c1-11-9-12-10-13(20)3-4-14(12)15-7-8-19(2)16(18(11)15)5-6-17(19)21/h3-4,10-11,15-18,20-21H,5-9H2,1-2H3/t11-,15?,16?,17+,18?,19?/m1/s1. The molecular formula is C19H26O2. The van der Waals surface area contributed by atoms with Gasteiger partial charge in [-0.05, 0) is 84.5 Å². The van der Waals surface area contributed by atoms with Crippen LogP contribution in [0.25, 0.3) is 0 Å². The van der Waals surface area contributed by atoms with E-state index in [-0.39, 0.29) is 11.5 Å². The van der Waals surface area contributed by atoms with Gasteiger partial charge >= 0.3 is 0 Å². The normalized spacial score (nSPS) is 44.8. The Balaban J connectivity index is 1.76. The first-order chi connectivity index (χ1) is 10.0. The van der Waals surface area contributed by atoms with E-state index in [2.05, 4.69) is 19.9 Å². The highest BCUT2D eigenvalue weighted by Gasteiger charge is 2.55. The maximum absolute atomic E-state index is 10.5. The lowest BCUT2D eigenvalue weighted by Gasteiger charge is -2.52. The minimum absolute atomic E-state index is 0.100. The molecule has 4 rings (SSSR count). The molecule has 2 heteroatoms. The van der Waals surface area contributed by atoms with E-state index < -0.39 is 0 Å². The highest BCUT2D eigenvalue weighted by molar-refractivity contribution is 5.40. The van der Waals surface area contributed by atoms with Crippen molar-refractivity contribution < 1.29 is 10.2 Å². The molecule has 0 aliphatic heterocycles. The lowest BCUT2D eigenvalue weighted by molar-refractivity contribution is -0.0356. The Morgan fingerprint density at radius 2 is 2.00 bits per heavy atom. The quantitative estimate of drug-likeness (QED) is 0.760. The number of rotatable bonds is 0. The Morgan fingerprint density at radius 3 is 2.81 bits per heavy atom. The molecule has 2 saturated carbocycles. The number of aromatic hydroxyl groups is 1. The molecule has 3 aliphatic rings. The zero-order valence-electron chi connectivity index (χ0n) is 13.0. The summed E-state index contributed by atoms with van der Waals surface area (Å²) in [5.41, 5.74) is 2.97. The molecule has 0 amide bonds. The van der Waals surface area contributed by atoms with E-state index >= 15 is 0 Å². The molecular weight excluding hydrogens is 260 g/mol. The summed E-state index contributed by atoms with van der Waals surface area (Å²) in [6.07, 6.45) is 5.49. The molecule has 2 N–H and O–H groups in total. The van der Waals surface area contributed by atoms with Crippen LogP contribution in [0, 0.1) is 23.2 Å². The number of aliphatic hydroxyl groups excluding tert-OH is 1. The van der Waals surface area contributed by atoms with E-state index in [0.29, 0.717) is 29.4 Å². The van der Waals surface area contributed by atoms with Gasteiger partial charge in [-0.25, -0.2) is 0 Å². The third kappa shape index (κ3) is 1.81. The van der Waals surface area contributed by atoms with Gasteiger partial charge in [0.15, 0.2) is 0 Å². The van der Waals surface area contributed by atoms with Gasteiger partial charge in [0.2, 0.25) is 0 Å². The third-order valence-electron chi connectivity index (χ3n) is 7.01. The van der Waals surface area contributed by atoms with E-state index in [1.807, 2.05) is 12.1 Å². The number of phenols is 1. The van der Waals surface area contributed by atoms with E-state index in [0.717, 1.165) is 19.3 Å². The highest BCUT2D eigenvalue weighted by atomic mass is 16.3. The van der Waals surface area contributed by atoms with Crippen LogP contribution in [-0.2, 0) is 6.42 Å². The maximum Gasteiger partial charge on any atom is 0.115 e. The van der Waals surface area contributed by atoms with Crippen LogP contribution in [-0.4, -0.2) is 16.3 Å². The summed E-state index contributed by atoms with van der Waals surface area (Å²) in [5, 5.41) is 20.2. The summed E-state index contributed by atoms with van der Waals surface area (Å²) >= 11 is 0. The van der Waals surface area contributed by atoms with Crippen LogP contribution in [0.4, 0.5) is 0 Å². The van der Waals surface area contributed by atoms with E-state index in [1.54, 1.807) is 0 Å². The van der Waals surface area contributed by atoms with Crippen molar-refractivity contribution >= 4 is 0 Å². The van der Waals surface area contributed by atoms with Crippen molar-refractivity contribution in [3.63, 3.8) is 0 Å². The number of phenolic OH excluding ortho intramolecular Hbond substituents is 1. The van der Waals surface area contributed by atoms with Crippen LogP contribution in [0.2, 0.25) is 0 Å². The molecule has 0 bridgehead atoms. The number of benzene rings is 1. The van der Waals surface area contributed by atoms with Gasteiger partial charge in [-0.1, -0.05) is 19.9 Å². The Kier molecular flexibility index (Phi) is 2.91. The van der Waals surface area contributed by atoms with Crippen molar-refractivity contribution in [2.24, 2.45) is 23.2 Å². The average molecular weight is 286 g/mol. The fourth-order valence-corrected chi connectivity index (χ4v) is 5.94. The van der Waals surface area contributed by atoms with Crippen molar-refractivity contribution in [2.75, 3.05) is 0 Å². The molecule has 1 aromatic carbocycles. The molecule has 0 saturated heterocycles. The molecule has 0 heterocycles. The number of aliphatic hydroxyl groups is 1. The van der Waals surface area contributed by atoms with Crippen LogP contribution >= 0.6 is 0 Å². The SMILES string of the molecule is C[C@@H]1Cc2cc(O)ccc2C2CCC3(C)C(CC[C@@H]3O)C21. The molecule has 0 radical (unpaired) electrons. The minimum atomic E-state index is -0.100. The first-order valence-corrected chi connectivity index (χ1v) is 8.50. The van der Waals surface area contributed by atoms with Crippen LogP contribution in [0.3, 0.4) is 0 Å². The smallest absolute Gasteiger partial charge is 0.115 e. The Hall–Kier alpha value is -1.02. The van der Waals surface area contributed by atoms with Crippen LogP contribution in [0.15, 0.2) is 18.2 Å². The van der Waals surface area contributed by atoms with E-state index in [9.17, 15) is 10.2 Å². The molecule has 0 spiro atoms. The molecule has 0 aromatic heterocycles. The highest BCUT2D eigenvalue weighted by Crippen LogP contribution is 2.62. The molecule has 6 atom stereocenters. The molecule has 3 aliphatic carbocycles. The minimum Gasteiger partial charge on any atom is -0.508 e. The van der Waals surface area contributed by atoms with Crippen molar-refractivity contribution in [3.8, 4) is 5.75 Å². The summed E-state index contributed by atoms with van der Waals surface area (Å²) in [7, 11) is 0.